The minimum Gasteiger partial charge on any atom is -0.329 e. The van der Waals surface area contributed by atoms with Crippen LogP contribution < -0.4 is 20.9 Å². The Bertz CT molecular complexity index is 1130. The lowest BCUT2D eigenvalue weighted by Crippen LogP contribution is -2.29. The Balaban J connectivity index is 2.28. The molecule has 0 fully saturated rings. The zero-order valence-corrected chi connectivity index (χ0v) is 16.7. The largest absolute Gasteiger partial charge is 0.329 e. The van der Waals surface area contributed by atoms with E-state index in [1.54, 1.807) is 36.4 Å². The molecule has 150 valence electrons. The van der Waals surface area contributed by atoms with Gasteiger partial charge >= 0.3 is 0 Å². The van der Waals surface area contributed by atoms with Gasteiger partial charge in [0.1, 0.15) is 0 Å². The number of nitrogens with one attached hydrogen (secondary N) is 2. The van der Waals surface area contributed by atoms with Crippen molar-refractivity contribution in [2.75, 3.05) is 26.2 Å². The summed E-state index contributed by atoms with van der Waals surface area (Å²) < 4.78 is 55.5. The molecule has 3 aromatic carbocycles. The van der Waals surface area contributed by atoms with Crippen molar-refractivity contribution in [2.24, 2.45) is 11.5 Å². The molecule has 3 rings (SSSR count). The topological polar surface area (TPSA) is 144 Å². The highest BCUT2D eigenvalue weighted by molar-refractivity contribution is 7.90. The summed E-state index contributed by atoms with van der Waals surface area (Å²) in [6.07, 6.45) is 0. The average Bonchev–Trinajstić information content (AvgIpc) is 2.68. The molecule has 0 aliphatic carbocycles. The van der Waals surface area contributed by atoms with E-state index in [-0.39, 0.29) is 36.0 Å². The van der Waals surface area contributed by atoms with Gasteiger partial charge in [0.05, 0.1) is 9.79 Å². The van der Waals surface area contributed by atoms with Crippen molar-refractivity contribution in [1.29, 1.82) is 0 Å². The maximum absolute atomic E-state index is 12.7. The number of hydrogen-bond donors (Lipinski definition) is 4. The van der Waals surface area contributed by atoms with Gasteiger partial charge in [0.15, 0.2) is 0 Å². The average molecular weight is 423 g/mol. The Labute approximate surface area is 164 Å². The first-order valence-corrected chi connectivity index (χ1v) is 11.6. The maximum atomic E-state index is 12.7. The smallest absolute Gasteiger partial charge is 0.241 e. The summed E-state index contributed by atoms with van der Waals surface area (Å²) in [6.45, 7) is 0.550. The van der Waals surface area contributed by atoms with Gasteiger partial charge in [0.2, 0.25) is 20.0 Å². The third-order valence-corrected chi connectivity index (χ3v) is 7.29. The molecule has 0 aliphatic rings. The fourth-order valence-corrected chi connectivity index (χ4v) is 5.54. The van der Waals surface area contributed by atoms with Crippen LogP contribution >= 0.6 is 0 Å². The van der Waals surface area contributed by atoms with Crippen LogP contribution in [0.4, 0.5) is 0 Å². The van der Waals surface area contributed by atoms with Gasteiger partial charge in [-0.25, -0.2) is 26.3 Å². The second kappa shape index (κ2) is 8.11. The van der Waals surface area contributed by atoms with Crippen LogP contribution in [-0.2, 0) is 20.0 Å². The minimum absolute atomic E-state index is 0.0717. The standard InChI is InChI=1S/C18H22N4O4S2/c19-7-9-21-27(23,24)17-5-1-3-13-11-14-4-2-6-18(16(14)12-15(13)17)28(25,26)22-10-8-20/h1-6,11-12,21-22H,7-10,19-20H2. The number of hydrogen-bond acceptors (Lipinski definition) is 6. The van der Waals surface area contributed by atoms with Crippen molar-refractivity contribution in [1.82, 2.24) is 9.44 Å². The highest BCUT2D eigenvalue weighted by Crippen LogP contribution is 2.31. The van der Waals surface area contributed by atoms with E-state index in [9.17, 15) is 16.8 Å². The molecule has 0 aliphatic heterocycles. The first kappa shape index (κ1) is 20.6. The number of rotatable bonds is 8. The Morgan fingerprint density at radius 3 is 1.50 bits per heavy atom. The van der Waals surface area contributed by atoms with Gasteiger partial charge in [-0.3, -0.25) is 0 Å². The van der Waals surface area contributed by atoms with Crippen LogP contribution in [0.1, 0.15) is 0 Å². The first-order chi connectivity index (χ1) is 13.3. The Hall–Kier alpha value is -2.08. The molecule has 6 N–H and O–H groups in total. The molecule has 0 heterocycles. The summed E-state index contributed by atoms with van der Waals surface area (Å²) in [6, 6.07) is 13.2. The van der Waals surface area contributed by atoms with Crippen LogP contribution in [0.3, 0.4) is 0 Å². The number of fused-ring (bicyclic) bond motifs is 2. The number of benzene rings is 3. The van der Waals surface area contributed by atoms with Crippen molar-refractivity contribution in [3.8, 4) is 0 Å². The van der Waals surface area contributed by atoms with Crippen LogP contribution in [0.15, 0.2) is 58.3 Å². The highest BCUT2D eigenvalue weighted by atomic mass is 32.2. The van der Waals surface area contributed by atoms with E-state index in [1.165, 1.54) is 12.1 Å². The van der Waals surface area contributed by atoms with Crippen molar-refractivity contribution < 1.29 is 16.8 Å². The van der Waals surface area contributed by atoms with Crippen LogP contribution in [0, 0.1) is 0 Å². The zero-order valence-electron chi connectivity index (χ0n) is 15.1. The van der Waals surface area contributed by atoms with Gasteiger partial charge in [-0.2, -0.15) is 0 Å². The summed E-state index contributed by atoms with van der Waals surface area (Å²) in [4.78, 5) is 0.143. The van der Waals surface area contributed by atoms with Crippen LogP contribution in [-0.4, -0.2) is 43.0 Å². The third-order valence-electron chi connectivity index (χ3n) is 4.25. The lowest BCUT2D eigenvalue weighted by atomic mass is 10.0. The van der Waals surface area contributed by atoms with E-state index < -0.39 is 20.0 Å². The Kier molecular flexibility index (Phi) is 5.98. The van der Waals surface area contributed by atoms with Crippen LogP contribution in [0.2, 0.25) is 0 Å². The monoisotopic (exact) mass is 422 g/mol. The molecule has 0 spiro atoms. The molecule has 0 aromatic heterocycles. The molecule has 0 unspecified atom stereocenters. The van der Waals surface area contributed by atoms with Gasteiger partial charge in [-0.1, -0.05) is 24.3 Å². The molecule has 0 atom stereocenters. The van der Waals surface area contributed by atoms with Gasteiger partial charge in [0.25, 0.3) is 0 Å². The van der Waals surface area contributed by atoms with Crippen LogP contribution in [0.25, 0.3) is 21.5 Å². The summed E-state index contributed by atoms with van der Waals surface area (Å²) in [5.74, 6) is 0. The molecule has 0 amide bonds. The number of sulfonamides is 2. The molecular weight excluding hydrogens is 400 g/mol. The van der Waals surface area contributed by atoms with Crippen molar-refractivity contribution in [3.63, 3.8) is 0 Å². The van der Waals surface area contributed by atoms with Crippen LogP contribution in [0.5, 0.6) is 0 Å². The minimum atomic E-state index is -3.79. The van der Waals surface area contributed by atoms with E-state index in [4.69, 9.17) is 11.5 Å². The van der Waals surface area contributed by atoms with Gasteiger partial charge < -0.3 is 11.5 Å². The second-order valence-electron chi connectivity index (χ2n) is 6.18. The molecule has 0 saturated carbocycles. The fraction of sp³-hybridized carbons (Fsp3) is 0.222. The van der Waals surface area contributed by atoms with Gasteiger partial charge in [-0.15, -0.1) is 0 Å². The van der Waals surface area contributed by atoms with E-state index >= 15 is 0 Å². The summed E-state index contributed by atoms with van der Waals surface area (Å²) in [5, 5.41) is 2.24. The fourth-order valence-electron chi connectivity index (χ4n) is 3.01. The highest BCUT2D eigenvalue weighted by Gasteiger charge is 2.20. The van der Waals surface area contributed by atoms with Gasteiger partial charge in [-0.05, 0) is 35.0 Å². The maximum Gasteiger partial charge on any atom is 0.241 e. The summed E-state index contributed by atoms with van der Waals surface area (Å²) in [7, 11) is -7.58. The first-order valence-electron chi connectivity index (χ1n) is 8.65. The van der Waals surface area contributed by atoms with Crippen molar-refractivity contribution in [2.45, 2.75) is 9.79 Å². The van der Waals surface area contributed by atoms with Gasteiger partial charge in [0, 0.05) is 37.0 Å². The quantitative estimate of drug-likeness (QED) is 0.388. The van der Waals surface area contributed by atoms with E-state index in [1.807, 2.05) is 0 Å². The molecular formula is C18H22N4O4S2. The van der Waals surface area contributed by atoms with E-state index in [0.29, 0.717) is 21.5 Å². The molecule has 0 radical (unpaired) electrons. The lowest BCUT2D eigenvalue weighted by Gasteiger charge is -2.13. The Morgan fingerprint density at radius 1 is 0.679 bits per heavy atom. The van der Waals surface area contributed by atoms with E-state index in [0.717, 1.165) is 0 Å². The van der Waals surface area contributed by atoms with Crippen molar-refractivity contribution in [3.05, 3.63) is 48.5 Å². The SMILES string of the molecule is NCCNS(=O)(=O)c1cccc2cc3cccc(S(=O)(=O)NCCN)c3cc12. The van der Waals surface area contributed by atoms with Crippen molar-refractivity contribution >= 4 is 41.6 Å². The summed E-state index contributed by atoms with van der Waals surface area (Å²) in [5.41, 5.74) is 10.8. The second-order valence-corrected chi connectivity index (χ2v) is 9.65. The molecule has 10 heteroatoms. The molecule has 8 nitrogen and oxygen atoms in total. The predicted octanol–water partition coefficient (Wildman–Crippen LogP) is 0.467. The lowest BCUT2D eigenvalue weighted by molar-refractivity contribution is 0.581. The normalized spacial score (nSPS) is 12.6. The molecule has 28 heavy (non-hydrogen) atoms. The third kappa shape index (κ3) is 4.02. The number of nitrogens with two attached hydrogens (primary N) is 2. The Morgan fingerprint density at radius 2 is 1.11 bits per heavy atom. The summed E-state index contributed by atoms with van der Waals surface area (Å²) >= 11 is 0. The zero-order chi connectivity index (χ0) is 20.4. The molecule has 0 saturated heterocycles. The van der Waals surface area contributed by atoms with E-state index in [2.05, 4.69) is 9.44 Å². The molecule has 3 aromatic rings. The predicted molar refractivity (Wildman–Crippen MR) is 110 cm³/mol. The molecule has 0 bridgehead atoms.